The van der Waals surface area contributed by atoms with E-state index in [0.29, 0.717) is 24.4 Å². The van der Waals surface area contributed by atoms with Crippen molar-refractivity contribution < 1.29 is 15.0 Å². The first-order chi connectivity index (χ1) is 12.5. The standard InChI is InChI=1S/C20H27N3O3/c1-14(2)6-8-16(25)13-19-22-17-9-7-15(12-18(17)23-19)20(26)21-10-4-3-5-11-24/h6-9,12,24-25H,3-5,10-11,13H2,1-2H3,(H,21,26)(H,22,23)/b16-8+. The summed E-state index contributed by atoms with van der Waals surface area (Å²) in [5.41, 5.74) is 3.20. The Balaban J connectivity index is 2.01. The number of allylic oxidation sites excluding steroid dienone is 4. The van der Waals surface area contributed by atoms with E-state index in [9.17, 15) is 9.90 Å². The van der Waals surface area contributed by atoms with Crippen LogP contribution in [0.3, 0.4) is 0 Å². The number of H-pyrrole nitrogens is 1. The highest BCUT2D eigenvalue weighted by molar-refractivity contribution is 5.97. The average molecular weight is 357 g/mol. The van der Waals surface area contributed by atoms with E-state index in [1.165, 1.54) is 0 Å². The number of fused-ring (bicyclic) bond motifs is 1. The fourth-order valence-electron chi connectivity index (χ4n) is 2.50. The quantitative estimate of drug-likeness (QED) is 0.314. The summed E-state index contributed by atoms with van der Waals surface area (Å²) in [4.78, 5) is 19.8. The van der Waals surface area contributed by atoms with Crippen molar-refractivity contribution in [3.05, 3.63) is 53.1 Å². The summed E-state index contributed by atoms with van der Waals surface area (Å²) in [6, 6.07) is 5.31. The molecule has 0 fully saturated rings. The van der Waals surface area contributed by atoms with Crippen LogP contribution in [0.2, 0.25) is 0 Å². The number of aliphatic hydroxyl groups excluding tert-OH is 2. The molecule has 2 aromatic rings. The first-order valence-electron chi connectivity index (χ1n) is 8.90. The number of hydrogen-bond donors (Lipinski definition) is 4. The average Bonchev–Trinajstić information content (AvgIpc) is 3.00. The van der Waals surface area contributed by atoms with Crippen LogP contribution in [0.25, 0.3) is 11.0 Å². The molecule has 0 radical (unpaired) electrons. The molecule has 6 heteroatoms. The van der Waals surface area contributed by atoms with Gasteiger partial charge in [0.2, 0.25) is 0 Å². The van der Waals surface area contributed by atoms with Crippen molar-refractivity contribution in [2.24, 2.45) is 0 Å². The van der Waals surface area contributed by atoms with Crippen LogP contribution in [0.1, 0.15) is 49.3 Å². The van der Waals surface area contributed by atoms with Gasteiger partial charge in [0.1, 0.15) is 5.82 Å². The second-order valence-electron chi connectivity index (χ2n) is 6.53. The number of hydrogen-bond acceptors (Lipinski definition) is 4. The van der Waals surface area contributed by atoms with E-state index in [1.54, 1.807) is 24.3 Å². The molecule has 0 spiro atoms. The predicted octanol–water partition coefficient (Wildman–Crippen LogP) is 3.41. The third-order valence-corrected chi connectivity index (χ3v) is 3.87. The Bertz CT molecular complexity index is 802. The van der Waals surface area contributed by atoms with E-state index < -0.39 is 0 Å². The molecule has 6 nitrogen and oxygen atoms in total. The molecule has 140 valence electrons. The second-order valence-corrected chi connectivity index (χ2v) is 6.53. The molecule has 1 heterocycles. The summed E-state index contributed by atoms with van der Waals surface area (Å²) in [6.07, 6.45) is 6.32. The van der Waals surface area contributed by atoms with Crippen LogP contribution in [0, 0.1) is 0 Å². The molecule has 0 unspecified atom stereocenters. The lowest BCUT2D eigenvalue weighted by atomic mass is 10.2. The van der Waals surface area contributed by atoms with Crippen LogP contribution in [-0.2, 0) is 6.42 Å². The number of unbranched alkanes of at least 4 members (excludes halogenated alkanes) is 2. The fourth-order valence-corrected chi connectivity index (χ4v) is 2.50. The van der Waals surface area contributed by atoms with Gasteiger partial charge in [0.25, 0.3) is 5.91 Å². The van der Waals surface area contributed by atoms with Gasteiger partial charge in [0.05, 0.1) is 23.2 Å². The highest BCUT2D eigenvalue weighted by Crippen LogP contribution is 2.15. The van der Waals surface area contributed by atoms with Gasteiger partial charge in [-0.25, -0.2) is 4.98 Å². The molecule has 1 aromatic carbocycles. The number of imidazole rings is 1. The number of rotatable bonds is 9. The number of benzene rings is 1. The molecule has 0 atom stereocenters. The molecule has 0 aliphatic carbocycles. The van der Waals surface area contributed by atoms with Gasteiger partial charge in [-0.2, -0.15) is 0 Å². The van der Waals surface area contributed by atoms with Crippen molar-refractivity contribution in [3.63, 3.8) is 0 Å². The number of amides is 1. The monoisotopic (exact) mass is 357 g/mol. The maximum atomic E-state index is 12.2. The van der Waals surface area contributed by atoms with E-state index in [2.05, 4.69) is 15.3 Å². The minimum absolute atomic E-state index is 0.127. The van der Waals surface area contributed by atoms with Gasteiger partial charge < -0.3 is 20.5 Å². The highest BCUT2D eigenvalue weighted by atomic mass is 16.3. The van der Waals surface area contributed by atoms with Crippen LogP contribution < -0.4 is 5.32 Å². The maximum Gasteiger partial charge on any atom is 0.251 e. The lowest BCUT2D eigenvalue weighted by Crippen LogP contribution is -2.24. The minimum atomic E-state index is -0.127. The van der Waals surface area contributed by atoms with E-state index >= 15 is 0 Å². The molecule has 0 aliphatic heterocycles. The van der Waals surface area contributed by atoms with Gasteiger partial charge in [0, 0.05) is 18.7 Å². The van der Waals surface area contributed by atoms with Crippen molar-refractivity contribution in [2.75, 3.05) is 13.2 Å². The summed E-state index contributed by atoms with van der Waals surface area (Å²) in [5, 5.41) is 21.6. The van der Waals surface area contributed by atoms with Crippen LogP contribution in [0.15, 0.2) is 41.7 Å². The number of carbonyl (C=O) groups is 1. The SMILES string of the molecule is CC(C)=C/C=C(/O)Cc1nc2ccc(C(=O)NCCCCCO)cc2[nH]1. The Morgan fingerprint density at radius 1 is 1.23 bits per heavy atom. The molecular formula is C20H27N3O3. The van der Waals surface area contributed by atoms with Crippen LogP contribution in [-0.4, -0.2) is 39.2 Å². The molecular weight excluding hydrogens is 330 g/mol. The van der Waals surface area contributed by atoms with Crippen molar-refractivity contribution in [1.29, 1.82) is 0 Å². The molecule has 26 heavy (non-hydrogen) atoms. The summed E-state index contributed by atoms with van der Waals surface area (Å²) >= 11 is 0. The highest BCUT2D eigenvalue weighted by Gasteiger charge is 2.09. The number of aliphatic hydroxyl groups is 2. The van der Waals surface area contributed by atoms with Gasteiger partial charge in [0.15, 0.2) is 0 Å². The molecule has 0 saturated heterocycles. The van der Waals surface area contributed by atoms with Crippen LogP contribution in [0.5, 0.6) is 0 Å². The van der Waals surface area contributed by atoms with Crippen molar-refractivity contribution in [3.8, 4) is 0 Å². The molecule has 0 aliphatic rings. The third kappa shape index (κ3) is 6.04. The van der Waals surface area contributed by atoms with Crippen LogP contribution >= 0.6 is 0 Å². The summed E-state index contributed by atoms with van der Waals surface area (Å²) < 4.78 is 0. The zero-order chi connectivity index (χ0) is 18.9. The Kier molecular flexibility index (Phi) is 7.41. The Morgan fingerprint density at radius 2 is 2.04 bits per heavy atom. The number of nitrogens with zero attached hydrogens (tertiary/aromatic N) is 1. The molecule has 4 N–H and O–H groups in total. The van der Waals surface area contributed by atoms with Gasteiger partial charge >= 0.3 is 0 Å². The Morgan fingerprint density at radius 3 is 2.77 bits per heavy atom. The number of carbonyl (C=O) groups excluding carboxylic acids is 1. The summed E-state index contributed by atoms with van der Waals surface area (Å²) in [6.45, 7) is 4.70. The van der Waals surface area contributed by atoms with E-state index in [0.717, 1.165) is 35.9 Å². The Hall–Kier alpha value is -2.60. The summed E-state index contributed by atoms with van der Waals surface area (Å²) in [5.74, 6) is 0.752. The number of aromatic amines is 1. The second kappa shape index (κ2) is 9.77. The van der Waals surface area contributed by atoms with Gasteiger partial charge in [-0.15, -0.1) is 0 Å². The van der Waals surface area contributed by atoms with Crippen molar-refractivity contribution >= 4 is 16.9 Å². The number of aromatic nitrogens is 2. The first kappa shape index (κ1) is 19.7. The molecule has 2 rings (SSSR count). The zero-order valence-corrected chi connectivity index (χ0v) is 15.4. The topological polar surface area (TPSA) is 98.2 Å². The zero-order valence-electron chi connectivity index (χ0n) is 15.4. The molecule has 0 saturated carbocycles. The van der Waals surface area contributed by atoms with Gasteiger partial charge in [-0.3, -0.25) is 4.79 Å². The third-order valence-electron chi connectivity index (χ3n) is 3.87. The molecule has 1 aromatic heterocycles. The van der Waals surface area contributed by atoms with Gasteiger partial charge in [-0.05, 0) is 57.4 Å². The molecule has 0 bridgehead atoms. The van der Waals surface area contributed by atoms with Crippen LogP contribution in [0.4, 0.5) is 0 Å². The van der Waals surface area contributed by atoms with E-state index in [4.69, 9.17) is 5.11 Å². The maximum absolute atomic E-state index is 12.2. The minimum Gasteiger partial charge on any atom is -0.512 e. The lowest BCUT2D eigenvalue weighted by Gasteiger charge is -2.04. The smallest absolute Gasteiger partial charge is 0.251 e. The normalized spacial score (nSPS) is 11.6. The lowest BCUT2D eigenvalue weighted by molar-refractivity contribution is 0.0953. The fraction of sp³-hybridized carbons (Fsp3) is 0.400. The largest absolute Gasteiger partial charge is 0.512 e. The van der Waals surface area contributed by atoms with Crippen molar-refractivity contribution in [2.45, 2.75) is 39.5 Å². The first-order valence-corrected chi connectivity index (χ1v) is 8.90. The summed E-state index contributed by atoms with van der Waals surface area (Å²) in [7, 11) is 0. The van der Waals surface area contributed by atoms with Gasteiger partial charge in [-0.1, -0.05) is 11.6 Å². The predicted molar refractivity (Wildman–Crippen MR) is 103 cm³/mol. The Labute approximate surface area is 153 Å². The molecule has 1 amide bonds. The van der Waals surface area contributed by atoms with Crippen molar-refractivity contribution in [1.82, 2.24) is 15.3 Å². The van der Waals surface area contributed by atoms with E-state index in [-0.39, 0.29) is 18.3 Å². The van der Waals surface area contributed by atoms with E-state index in [1.807, 2.05) is 19.9 Å². The number of nitrogens with one attached hydrogen (secondary N) is 2.